The molecule has 7 nitrogen and oxygen atoms in total. The first-order valence-corrected chi connectivity index (χ1v) is 13.7. The van der Waals surface area contributed by atoms with Crippen molar-refractivity contribution < 1.29 is 14.7 Å². The summed E-state index contributed by atoms with van der Waals surface area (Å²) in [5.41, 5.74) is 2.61. The van der Waals surface area contributed by atoms with Crippen LogP contribution in [0, 0.1) is 5.92 Å². The van der Waals surface area contributed by atoms with Crippen molar-refractivity contribution in [2.24, 2.45) is 5.92 Å². The highest BCUT2D eigenvalue weighted by Crippen LogP contribution is 2.42. The number of anilines is 1. The Balaban J connectivity index is 1.18. The number of benzene rings is 2. The molecule has 0 saturated carbocycles. The highest BCUT2D eigenvalue weighted by molar-refractivity contribution is 7.18. The summed E-state index contributed by atoms with van der Waals surface area (Å²) in [5.74, 6) is -1.59. The third-order valence-electron chi connectivity index (χ3n) is 6.73. The number of nitrogens with one attached hydrogen (secondary N) is 1. The van der Waals surface area contributed by atoms with Gasteiger partial charge < -0.3 is 19.9 Å². The SMILES string of the molecule is O=C(NC(Cc1cn(Cc2ccccc2)cn1)C(=O)O)C1CCN(c2cc3ccsc3c(Cl)c2Cl)CC1. The lowest BCUT2D eigenvalue weighted by molar-refractivity contribution is -0.142. The number of aromatic nitrogens is 2. The van der Waals surface area contributed by atoms with E-state index in [2.05, 4.69) is 15.2 Å². The van der Waals surface area contributed by atoms with E-state index in [1.54, 1.807) is 17.7 Å². The number of carbonyl (C=O) groups is 2. The van der Waals surface area contributed by atoms with Gasteiger partial charge in [0.2, 0.25) is 5.91 Å². The zero-order chi connectivity index (χ0) is 25.9. The topological polar surface area (TPSA) is 87.5 Å². The van der Waals surface area contributed by atoms with Gasteiger partial charge in [-0.1, -0.05) is 53.5 Å². The first kappa shape index (κ1) is 25.6. The normalized spacial score (nSPS) is 15.1. The maximum Gasteiger partial charge on any atom is 0.326 e. The van der Waals surface area contributed by atoms with Crippen molar-refractivity contribution in [1.29, 1.82) is 0 Å². The van der Waals surface area contributed by atoms with Gasteiger partial charge in [-0.05, 0) is 41.3 Å². The molecule has 3 heterocycles. The molecule has 0 aliphatic carbocycles. The number of carboxylic acid groups (broad SMARTS) is 1. The highest BCUT2D eigenvalue weighted by Gasteiger charge is 2.30. The summed E-state index contributed by atoms with van der Waals surface area (Å²) in [4.78, 5) is 31.4. The van der Waals surface area contributed by atoms with Crippen LogP contribution in [0.5, 0.6) is 0 Å². The predicted molar refractivity (Wildman–Crippen MR) is 148 cm³/mol. The Morgan fingerprint density at radius 3 is 2.62 bits per heavy atom. The van der Waals surface area contributed by atoms with Crippen LogP contribution in [0.3, 0.4) is 0 Å². The molecule has 1 fully saturated rings. The fourth-order valence-corrected chi connectivity index (χ4v) is 6.22. The summed E-state index contributed by atoms with van der Waals surface area (Å²) >= 11 is 14.6. The quantitative estimate of drug-likeness (QED) is 0.300. The van der Waals surface area contributed by atoms with E-state index >= 15 is 0 Å². The lowest BCUT2D eigenvalue weighted by Gasteiger charge is -2.34. The highest BCUT2D eigenvalue weighted by atomic mass is 35.5. The molecular formula is C27H26Cl2N4O3S. The van der Waals surface area contributed by atoms with Gasteiger partial charge in [-0.25, -0.2) is 9.78 Å². The van der Waals surface area contributed by atoms with E-state index in [1.807, 2.05) is 58.6 Å². The average Bonchev–Trinajstić information content (AvgIpc) is 3.56. The van der Waals surface area contributed by atoms with E-state index in [9.17, 15) is 14.7 Å². The maximum atomic E-state index is 13.0. The minimum absolute atomic E-state index is 0.121. The molecule has 0 radical (unpaired) electrons. The zero-order valence-electron chi connectivity index (χ0n) is 19.9. The van der Waals surface area contributed by atoms with Crippen molar-refractivity contribution in [3.8, 4) is 0 Å². The van der Waals surface area contributed by atoms with Gasteiger partial charge in [0.15, 0.2) is 0 Å². The number of thiophene rings is 1. The van der Waals surface area contributed by atoms with Crippen LogP contribution in [0.1, 0.15) is 24.1 Å². The maximum absolute atomic E-state index is 13.0. The van der Waals surface area contributed by atoms with Crippen LogP contribution < -0.4 is 10.2 Å². The smallest absolute Gasteiger partial charge is 0.326 e. The molecule has 2 aromatic heterocycles. The fraction of sp³-hybridized carbons (Fsp3) is 0.296. The second-order valence-corrected chi connectivity index (χ2v) is 10.9. The Hall–Kier alpha value is -3.07. The molecule has 4 aromatic rings. The molecule has 192 valence electrons. The number of nitrogens with zero attached hydrogens (tertiary/aromatic N) is 3. The van der Waals surface area contributed by atoms with Crippen LogP contribution >= 0.6 is 34.5 Å². The summed E-state index contributed by atoms with van der Waals surface area (Å²) in [6.45, 7) is 1.90. The van der Waals surface area contributed by atoms with Crippen molar-refractivity contribution >= 4 is 62.2 Å². The molecule has 1 amide bonds. The van der Waals surface area contributed by atoms with Gasteiger partial charge >= 0.3 is 5.97 Å². The fourth-order valence-electron chi connectivity index (χ4n) is 4.74. The van der Waals surface area contributed by atoms with Gasteiger partial charge in [0.1, 0.15) is 6.04 Å². The van der Waals surface area contributed by atoms with Crippen LogP contribution in [-0.2, 0) is 22.6 Å². The molecule has 2 N–H and O–H groups in total. The van der Waals surface area contributed by atoms with Crippen molar-refractivity contribution in [3.63, 3.8) is 0 Å². The van der Waals surface area contributed by atoms with Crippen LogP contribution in [0.25, 0.3) is 10.1 Å². The summed E-state index contributed by atoms with van der Waals surface area (Å²) in [5, 5.41) is 16.6. The standard InChI is InChI=1S/C27H26Cl2N4O3S/c28-23-22(12-19-8-11-37-25(19)24(23)29)33-9-6-18(7-10-33)26(34)31-21(27(35)36)13-20-15-32(16-30-20)14-17-4-2-1-3-5-17/h1-5,8,11-12,15-16,18,21H,6-7,9-10,13-14H2,(H,31,34)(H,35,36). The molecule has 10 heteroatoms. The Morgan fingerprint density at radius 1 is 1.14 bits per heavy atom. The van der Waals surface area contributed by atoms with Crippen LogP contribution in [0.2, 0.25) is 10.0 Å². The minimum atomic E-state index is -1.08. The van der Waals surface area contributed by atoms with Gasteiger partial charge in [0.05, 0.1) is 32.5 Å². The zero-order valence-corrected chi connectivity index (χ0v) is 22.3. The van der Waals surface area contributed by atoms with Gasteiger partial charge in [0.25, 0.3) is 0 Å². The van der Waals surface area contributed by atoms with Crippen molar-refractivity contribution in [2.75, 3.05) is 18.0 Å². The Labute approximate surface area is 228 Å². The number of rotatable bonds is 8. The second-order valence-electron chi connectivity index (χ2n) is 9.25. The molecule has 37 heavy (non-hydrogen) atoms. The molecule has 1 saturated heterocycles. The Bertz CT molecular complexity index is 1410. The van der Waals surface area contributed by atoms with E-state index < -0.39 is 12.0 Å². The van der Waals surface area contributed by atoms with E-state index in [0.29, 0.717) is 48.2 Å². The molecule has 0 bridgehead atoms. The molecule has 5 rings (SSSR count). The lowest BCUT2D eigenvalue weighted by atomic mass is 9.94. The minimum Gasteiger partial charge on any atom is -0.480 e. The molecule has 1 aliphatic rings. The Morgan fingerprint density at radius 2 is 1.89 bits per heavy atom. The second kappa shape index (κ2) is 11.1. The van der Waals surface area contributed by atoms with Gasteiger partial charge in [0, 0.05) is 38.2 Å². The van der Waals surface area contributed by atoms with E-state index in [4.69, 9.17) is 23.2 Å². The molecule has 1 atom stereocenters. The van der Waals surface area contributed by atoms with E-state index in [-0.39, 0.29) is 18.2 Å². The summed E-state index contributed by atoms with van der Waals surface area (Å²) in [6, 6.07) is 13.0. The summed E-state index contributed by atoms with van der Waals surface area (Å²) < 4.78 is 2.88. The first-order valence-electron chi connectivity index (χ1n) is 12.1. The molecule has 1 unspecified atom stereocenters. The number of halogens is 2. The molecule has 1 aliphatic heterocycles. The number of amides is 1. The van der Waals surface area contributed by atoms with Crippen molar-refractivity contribution in [2.45, 2.75) is 31.8 Å². The first-order chi connectivity index (χ1) is 17.9. The van der Waals surface area contributed by atoms with Crippen LogP contribution in [0.4, 0.5) is 5.69 Å². The summed E-state index contributed by atoms with van der Waals surface area (Å²) in [6.07, 6.45) is 4.83. The van der Waals surface area contributed by atoms with Gasteiger partial charge in [-0.2, -0.15) is 0 Å². The predicted octanol–water partition coefficient (Wildman–Crippen LogP) is 5.48. The summed E-state index contributed by atoms with van der Waals surface area (Å²) in [7, 11) is 0. The molecular weight excluding hydrogens is 531 g/mol. The number of hydrogen-bond acceptors (Lipinski definition) is 5. The third-order valence-corrected chi connectivity index (χ3v) is 8.65. The van der Waals surface area contributed by atoms with Gasteiger partial charge in [-0.15, -0.1) is 11.3 Å². The molecule has 0 spiro atoms. The number of piperidine rings is 1. The largest absolute Gasteiger partial charge is 0.480 e. The lowest BCUT2D eigenvalue weighted by Crippen LogP contribution is -2.47. The van der Waals surface area contributed by atoms with E-state index in [1.165, 1.54) is 0 Å². The van der Waals surface area contributed by atoms with Crippen LogP contribution in [-0.4, -0.2) is 45.7 Å². The number of hydrogen-bond donors (Lipinski definition) is 2. The number of imidazole rings is 1. The average molecular weight is 558 g/mol. The number of fused-ring (bicyclic) bond motifs is 1. The third kappa shape index (κ3) is 5.76. The number of aliphatic carboxylic acids is 1. The van der Waals surface area contributed by atoms with Crippen molar-refractivity contribution in [1.82, 2.24) is 14.9 Å². The number of carboxylic acids is 1. The van der Waals surface area contributed by atoms with E-state index in [0.717, 1.165) is 21.3 Å². The van der Waals surface area contributed by atoms with Crippen molar-refractivity contribution in [3.05, 3.63) is 81.7 Å². The van der Waals surface area contributed by atoms with Gasteiger partial charge in [-0.3, -0.25) is 4.79 Å². The number of carbonyl (C=O) groups excluding carboxylic acids is 1. The van der Waals surface area contributed by atoms with Crippen LogP contribution in [0.15, 0.2) is 60.4 Å². The Kier molecular flexibility index (Phi) is 7.69. The monoisotopic (exact) mass is 556 g/mol. The molecule has 2 aromatic carbocycles.